The Morgan fingerprint density at radius 3 is 2.90 bits per heavy atom. The third kappa shape index (κ3) is 3.67. The number of aryl methyl sites for hydroxylation is 1. The van der Waals surface area contributed by atoms with Crippen molar-refractivity contribution in [3.8, 4) is 0 Å². The SMILES string of the molecule is Cc1sc(CNC2CC2)cc1S(=O)(=O)NCc1ncon1. The van der Waals surface area contributed by atoms with E-state index in [0.29, 0.717) is 16.8 Å². The molecule has 1 saturated carbocycles. The number of thiophene rings is 1. The van der Waals surface area contributed by atoms with E-state index in [1.165, 1.54) is 30.6 Å². The van der Waals surface area contributed by atoms with Crippen LogP contribution in [0.3, 0.4) is 0 Å². The minimum Gasteiger partial charge on any atom is -0.343 e. The van der Waals surface area contributed by atoms with Gasteiger partial charge < -0.3 is 9.84 Å². The minimum atomic E-state index is -3.56. The number of nitrogens with one attached hydrogen (secondary N) is 2. The first-order valence-electron chi connectivity index (χ1n) is 6.62. The molecule has 0 aromatic carbocycles. The molecule has 0 amide bonds. The van der Waals surface area contributed by atoms with Crippen molar-refractivity contribution in [1.82, 2.24) is 20.2 Å². The van der Waals surface area contributed by atoms with Gasteiger partial charge in [0.15, 0.2) is 5.82 Å². The van der Waals surface area contributed by atoms with E-state index < -0.39 is 10.0 Å². The van der Waals surface area contributed by atoms with Gasteiger partial charge in [-0.15, -0.1) is 11.3 Å². The van der Waals surface area contributed by atoms with Crippen molar-refractivity contribution in [1.29, 1.82) is 0 Å². The molecule has 0 unspecified atom stereocenters. The van der Waals surface area contributed by atoms with Crippen LogP contribution in [0, 0.1) is 6.92 Å². The van der Waals surface area contributed by atoms with Crippen LogP contribution in [-0.2, 0) is 23.1 Å². The van der Waals surface area contributed by atoms with Crippen LogP contribution in [0.2, 0.25) is 0 Å². The summed E-state index contributed by atoms with van der Waals surface area (Å²) in [7, 11) is -3.56. The highest BCUT2D eigenvalue weighted by molar-refractivity contribution is 7.89. The maximum absolute atomic E-state index is 12.3. The van der Waals surface area contributed by atoms with Crippen molar-refractivity contribution in [3.63, 3.8) is 0 Å². The summed E-state index contributed by atoms with van der Waals surface area (Å²) < 4.78 is 31.7. The quantitative estimate of drug-likeness (QED) is 0.792. The molecular formula is C12H16N4O3S2. The molecule has 9 heteroatoms. The van der Waals surface area contributed by atoms with Crippen LogP contribution >= 0.6 is 11.3 Å². The van der Waals surface area contributed by atoms with Crippen molar-refractivity contribution in [2.24, 2.45) is 0 Å². The summed E-state index contributed by atoms with van der Waals surface area (Å²) in [6.45, 7) is 2.55. The van der Waals surface area contributed by atoms with Crippen molar-refractivity contribution in [2.75, 3.05) is 0 Å². The summed E-state index contributed by atoms with van der Waals surface area (Å²) >= 11 is 1.50. The molecule has 2 aromatic rings. The summed E-state index contributed by atoms with van der Waals surface area (Å²) in [6, 6.07) is 2.33. The molecule has 2 N–H and O–H groups in total. The van der Waals surface area contributed by atoms with Gasteiger partial charge in [0.25, 0.3) is 0 Å². The molecule has 2 aromatic heterocycles. The fourth-order valence-electron chi connectivity index (χ4n) is 1.92. The molecule has 21 heavy (non-hydrogen) atoms. The van der Waals surface area contributed by atoms with E-state index in [1.807, 2.05) is 6.92 Å². The Morgan fingerprint density at radius 1 is 1.43 bits per heavy atom. The van der Waals surface area contributed by atoms with Gasteiger partial charge in [-0.2, -0.15) is 4.98 Å². The molecular weight excluding hydrogens is 312 g/mol. The molecule has 0 saturated heterocycles. The first-order chi connectivity index (χ1) is 10.0. The molecule has 1 fully saturated rings. The lowest BCUT2D eigenvalue weighted by atomic mass is 10.4. The standard InChI is InChI=1S/C12H16N4O3S2/c1-8-11(4-10(20-8)5-13-9-2-3-9)21(17,18)15-6-12-14-7-19-16-12/h4,7,9,13,15H,2-3,5-6H2,1H3. The fourth-order valence-corrected chi connectivity index (χ4v) is 4.48. The second kappa shape index (κ2) is 5.84. The lowest BCUT2D eigenvalue weighted by Crippen LogP contribution is -2.24. The summed E-state index contributed by atoms with van der Waals surface area (Å²) in [4.78, 5) is 5.91. The molecule has 1 aliphatic rings. The van der Waals surface area contributed by atoms with Gasteiger partial charge in [0.1, 0.15) is 0 Å². The maximum atomic E-state index is 12.3. The van der Waals surface area contributed by atoms with Gasteiger partial charge in [-0.3, -0.25) is 0 Å². The minimum absolute atomic E-state index is 0.0176. The second-order valence-corrected chi connectivity index (χ2v) is 8.04. The third-order valence-electron chi connectivity index (χ3n) is 3.18. The van der Waals surface area contributed by atoms with Gasteiger partial charge in [-0.1, -0.05) is 5.16 Å². The molecule has 3 rings (SSSR count). The molecule has 0 bridgehead atoms. The topological polar surface area (TPSA) is 97.1 Å². The normalized spacial score (nSPS) is 15.5. The zero-order valence-corrected chi connectivity index (χ0v) is 13.1. The van der Waals surface area contributed by atoms with Crippen LogP contribution in [0.15, 0.2) is 21.9 Å². The Bertz CT molecular complexity index is 705. The predicted molar refractivity (Wildman–Crippen MR) is 77.2 cm³/mol. The molecule has 0 radical (unpaired) electrons. The fraction of sp³-hybridized carbons (Fsp3) is 0.500. The Balaban J connectivity index is 1.68. The second-order valence-electron chi connectivity index (χ2n) is 4.96. The highest BCUT2D eigenvalue weighted by Crippen LogP contribution is 2.27. The highest BCUT2D eigenvalue weighted by atomic mass is 32.2. The number of rotatable bonds is 7. The van der Waals surface area contributed by atoms with Gasteiger partial charge in [0.05, 0.1) is 11.4 Å². The van der Waals surface area contributed by atoms with Gasteiger partial charge in [-0.05, 0) is 25.8 Å². The summed E-state index contributed by atoms with van der Waals surface area (Å²) in [6.07, 6.45) is 3.59. The van der Waals surface area contributed by atoms with Crippen LogP contribution in [0.25, 0.3) is 0 Å². The van der Waals surface area contributed by atoms with Gasteiger partial charge in [-0.25, -0.2) is 13.1 Å². The molecule has 7 nitrogen and oxygen atoms in total. The molecule has 114 valence electrons. The Morgan fingerprint density at radius 2 is 2.24 bits per heavy atom. The Labute approximate surface area is 126 Å². The molecule has 0 aliphatic heterocycles. The highest BCUT2D eigenvalue weighted by Gasteiger charge is 2.23. The van der Waals surface area contributed by atoms with Crippen molar-refractivity contribution in [3.05, 3.63) is 28.0 Å². The average molecular weight is 328 g/mol. The summed E-state index contributed by atoms with van der Waals surface area (Å²) in [5, 5.41) is 6.96. The van der Waals surface area contributed by atoms with Crippen molar-refractivity contribution >= 4 is 21.4 Å². The van der Waals surface area contributed by atoms with E-state index in [1.54, 1.807) is 6.07 Å². The van der Waals surface area contributed by atoms with E-state index in [2.05, 4.69) is 24.7 Å². The number of hydrogen-bond donors (Lipinski definition) is 2. The monoisotopic (exact) mass is 328 g/mol. The van der Waals surface area contributed by atoms with Crippen LogP contribution in [0.4, 0.5) is 0 Å². The third-order valence-corrected chi connectivity index (χ3v) is 5.89. The van der Waals surface area contributed by atoms with E-state index in [9.17, 15) is 8.42 Å². The number of aromatic nitrogens is 2. The number of sulfonamides is 1. The van der Waals surface area contributed by atoms with Gasteiger partial charge in [0, 0.05) is 22.3 Å². The largest absolute Gasteiger partial charge is 0.343 e. The summed E-state index contributed by atoms with van der Waals surface area (Å²) in [5.41, 5.74) is 0. The van der Waals surface area contributed by atoms with Crippen LogP contribution in [-0.4, -0.2) is 24.6 Å². The lowest BCUT2D eigenvalue weighted by molar-refractivity contribution is 0.409. The van der Waals surface area contributed by atoms with Crippen LogP contribution < -0.4 is 10.0 Å². The Hall–Kier alpha value is -1.29. The van der Waals surface area contributed by atoms with E-state index in [4.69, 9.17) is 0 Å². The first kappa shape index (κ1) is 14.6. The van der Waals surface area contributed by atoms with Crippen molar-refractivity contribution < 1.29 is 12.9 Å². The maximum Gasteiger partial charge on any atom is 0.242 e. The zero-order valence-electron chi connectivity index (χ0n) is 11.5. The van der Waals surface area contributed by atoms with Crippen LogP contribution in [0.5, 0.6) is 0 Å². The molecule has 0 atom stereocenters. The number of hydrogen-bond acceptors (Lipinski definition) is 7. The summed E-state index contributed by atoms with van der Waals surface area (Å²) in [5.74, 6) is 0.307. The number of nitrogens with zero attached hydrogens (tertiary/aromatic N) is 2. The van der Waals surface area contributed by atoms with Crippen LogP contribution in [0.1, 0.15) is 28.4 Å². The van der Waals surface area contributed by atoms with Gasteiger partial charge in [0.2, 0.25) is 16.4 Å². The van der Waals surface area contributed by atoms with E-state index in [-0.39, 0.29) is 6.54 Å². The van der Waals surface area contributed by atoms with E-state index in [0.717, 1.165) is 16.3 Å². The average Bonchev–Trinajstić information content (AvgIpc) is 2.97. The molecule has 0 spiro atoms. The van der Waals surface area contributed by atoms with Gasteiger partial charge >= 0.3 is 0 Å². The Kier molecular flexibility index (Phi) is 4.07. The first-order valence-corrected chi connectivity index (χ1v) is 8.92. The van der Waals surface area contributed by atoms with E-state index >= 15 is 0 Å². The zero-order chi connectivity index (χ0) is 14.9. The predicted octanol–water partition coefficient (Wildman–Crippen LogP) is 1.17. The molecule has 1 aliphatic carbocycles. The van der Waals surface area contributed by atoms with Crippen molar-refractivity contribution in [2.45, 2.75) is 43.8 Å². The molecule has 2 heterocycles. The smallest absolute Gasteiger partial charge is 0.242 e. The lowest BCUT2D eigenvalue weighted by Gasteiger charge is -2.03.